The van der Waals surface area contributed by atoms with Crippen LogP contribution in [0.15, 0.2) is 59.5 Å². The molecule has 0 spiro atoms. The Morgan fingerprint density at radius 2 is 1.46 bits per heavy atom. The molecule has 2 aromatic carbocycles. The molecule has 270 valence electrons. The number of anilines is 2. The number of hydrogen-bond acceptors (Lipinski definition) is 6. The van der Waals surface area contributed by atoms with Crippen molar-refractivity contribution < 1.29 is 24.2 Å². The van der Waals surface area contributed by atoms with Gasteiger partial charge in [0.15, 0.2) is 6.29 Å². The lowest BCUT2D eigenvalue weighted by molar-refractivity contribution is -0.128. The summed E-state index contributed by atoms with van der Waals surface area (Å²) in [5.41, 5.74) is 0.772. The van der Waals surface area contributed by atoms with Crippen molar-refractivity contribution in [2.24, 2.45) is 0 Å². The van der Waals surface area contributed by atoms with Crippen LogP contribution in [0.4, 0.5) is 11.4 Å². The van der Waals surface area contributed by atoms with Crippen molar-refractivity contribution in [3.8, 4) is 17.9 Å². The van der Waals surface area contributed by atoms with Gasteiger partial charge in [-0.3, -0.25) is 19.0 Å². The zero-order valence-electron chi connectivity index (χ0n) is 29.8. The number of imidazole rings is 1. The molecule has 0 saturated carbocycles. The molecule has 1 aromatic heterocycles. The van der Waals surface area contributed by atoms with Crippen LogP contribution in [-0.4, -0.2) is 32.3 Å². The van der Waals surface area contributed by atoms with Crippen LogP contribution < -0.4 is 16.3 Å². The minimum atomic E-state index is -1.67. The molecule has 0 aliphatic rings. The van der Waals surface area contributed by atoms with Crippen LogP contribution in [0.3, 0.4) is 0 Å². The summed E-state index contributed by atoms with van der Waals surface area (Å²) in [6.07, 6.45) is 21.6. The molecule has 1 atom stereocenters. The van der Waals surface area contributed by atoms with E-state index in [1.165, 1.54) is 107 Å². The SMILES string of the molecule is CC#COC(C(=O)Nc1cc(NC(=O)CCCCCCCCCCCCCCCCC)ccc1C=O)n1c(O)cn(Cc2ccccc2)c1=O. The number of unbranched alkanes of at least 4 members (excludes halogenated alkanes) is 14. The molecule has 0 radical (unpaired) electrons. The average Bonchev–Trinajstić information content (AvgIpc) is 3.38. The lowest BCUT2D eigenvalue weighted by atomic mass is 10.0. The number of amides is 2. The molecule has 0 aliphatic heterocycles. The Kier molecular flexibility index (Phi) is 18.1. The fourth-order valence-corrected chi connectivity index (χ4v) is 5.87. The highest BCUT2D eigenvalue weighted by molar-refractivity contribution is 6.00. The van der Waals surface area contributed by atoms with E-state index >= 15 is 0 Å². The molecule has 10 heteroatoms. The first-order chi connectivity index (χ1) is 24.4. The molecule has 10 nitrogen and oxygen atoms in total. The van der Waals surface area contributed by atoms with Gasteiger partial charge < -0.3 is 20.5 Å². The second-order valence-electron chi connectivity index (χ2n) is 12.7. The van der Waals surface area contributed by atoms with Gasteiger partial charge in [0.05, 0.1) is 18.4 Å². The van der Waals surface area contributed by atoms with Crippen molar-refractivity contribution in [3.05, 3.63) is 76.3 Å². The second kappa shape index (κ2) is 22.8. The largest absolute Gasteiger partial charge is 0.493 e. The van der Waals surface area contributed by atoms with E-state index in [1.54, 1.807) is 6.07 Å². The third-order valence-electron chi connectivity index (χ3n) is 8.63. The number of rotatable bonds is 24. The Labute approximate surface area is 296 Å². The summed E-state index contributed by atoms with van der Waals surface area (Å²) >= 11 is 0. The third-order valence-corrected chi connectivity index (χ3v) is 8.63. The van der Waals surface area contributed by atoms with Crippen LogP contribution in [0, 0.1) is 12.0 Å². The predicted molar refractivity (Wildman–Crippen MR) is 198 cm³/mol. The van der Waals surface area contributed by atoms with Gasteiger partial charge >= 0.3 is 5.69 Å². The van der Waals surface area contributed by atoms with Crippen molar-refractivity contribution in [2.75, 3.05) is 10.6 Å². The first-order valence-corrected chi connectivity index (χ1v) is 18.2. The standard InChI is InChI=1S/C40H54N4O6/c1-3-5-6-7-8-9-10-11-12-13-14-15-16-17-21-24-36(46)41-34-26-25-33(31-45)35(28-34)42-38(48)39(50-27-4-2)44-37(47)30-43(40(44)49)29-32-22-19-18-20-23-32/h18-20,22-23,25-26,28,30-31,39,47H,3,5-17,21,24,29H2,1-2H3,(H,41,46)(H,42,48). The van der Waals surface area contributed by atoms with Gasteiger partial charge in [-0.05, 0) is 30.2 Å². The first-order valence-electron chi connectivity index (χ1n) is 18.2. The number of benzene rings is 2. The van der Waals surface area contributed by atoms with E-state index in [9.17, 15) is 24.3 Å². The van der Waals surface area contributed by atoms with Gasteiger partial charge in [0.25, 0.3) is 12.1 Å². The normalized spacial score (nSPS) is 11.3. The lowest BCUT2D eigenvalue weighted by Gasteiger charge is -2.17. The van der Waals surface area contributed by atoms with E-state index in [0.29, 0.717) is 18.4 Å². The molecule has 2 amide bonds. The number of nitrogens with one attached hydrogen (secondary N) is 2. The van der Waals surface area contributed by atoms with Gasteiger partial charge in [-0.15, -0.1) is 0 Å². The van der Waals surface area contributed by atoms with Gasteiger partial charge in [0.1, 0.15) is 6.11 Å². The number of aldehydes is 1. The number of carbonyl (C=O) groups is 3. The van der Waals surface area contributed by atoms with Gasteiger partial charge in [0.2, 0.25) is 11.8 Å². The second-order valence-corrected chi connectivity index (χ2v) is 12.7. The molecule has 0 aliphatic carbocycles. The number of ether oxygens (including phenoxy) is 1. The smallest absolute Gasteiger partial charge is 0.334 e. The number of hydrogen-bond donors (Lipinski definition) is 3. The zero-order valence-corrected chi connectivity index (χ0v) is 29.8. The maximum atomic E-state index is 13.5. The molecular formula is C40H54N4O6. The van der Waals surface area contributed by atoms with Crippen LogP contribution in [0.5, 0.6) is 5.88 Å². The Bertz CT molecular complexity index is 1600. The molecule has 1 unspecified atom stereocenters. The fraction of sp³-hybridized carbons (Fsp3) is 0.500. The van der Waals surface area contributed by atoms with E-state index in [4.69, 9.17) is 4.74 Å². The Morgan fingerprint density at radius 3 is 2.04 bits per heavy atom. The molecular weight excluding hydrogens is 632 g/mol. The Morgan fingerprint density at radius 1 is 0.860 bits per heavy atom. The van der Waals surface area contributed by atoms with Crippen molar-refractivity contribution in [2.45, 2.75) is 129 Å². The molecule has 3 aromatic rings. The van der Waals surface area contributed by atoms with E-state index in [0.717, 1.165) is 29.4 Å². The highest BCUT2D eigenvalue weighted by atomic mass is 16.5. The molecule has 3 N–H and O–H groups in total. The highest BCUT2D eigenvalue weighted by Crippen LogP contribution is 2.24. The van der Waals surface area contributed by atoms with E-state index in [-0.39, 0.29) is 23.7 Å². The van der Waals surface area contributed by atoms with E-state index in [2.05, 4.69) is 29.6 Å². The van der Waals surface area contributed by atoms with Crippen molar-refractivity contribution in [1.29, 1.82) is 0 Å². The van der Waals surface area contributed by atoms with Crippen LogP contribution in [0.1, 0.15) is 139 Å². The van der Waals surface area contributed by atoms with Gasteiger partial charge in [-0.25, -0.2) is 9.36 Å². The summed E-state index contributed by atoms with van der Waals surface area (Å²) in [6, 6.07) is 13.7. The quantitative estimate of drug-likeness (QED) is 0.0492. The summed E-state index contributed by atoms with van der Waals surface area (Å²) in [4.78, 5) is 51.2. The molecule has 50 heavy (non-hydrogen) atoms. The third kappa shape index (κ3) is 13.6. The minimum Gasteiger partial charge on any atom is -0.493 e. The average molecular weight is 687 g/mol. The lowest BCUT2D eigenvalue weighted by Crippen LogP contribution is -2.35. The summed E-state index contributed by atoms with van der Waals surface area (Å²) in [5, 5.41) is 16.1. The number of aromatic nitrogens is 2. The van der Waals surface area contributed by atoms with Gasteiger partial charge in [0, 0.05) is 24.6 Å². The summed E-state index contributed by atoms with van der Waals surface area (Å²) < 4.78 is 7.42. The summed E-state index contributed by atoms with van der Waals surface area (Å²) in [5.74, 6) is 0.998. The summed E-state index contributed by atoms with van der Waals surface area (Å²) in [6.45, 7) is 3.90. The maximum Gasteiger partial charge on any atom is 0.334 e. The predicted octanol–water partition coefficient (Wildman–Crippen LogP) is 8.55. The van der Waals surface area contributed by atoms with Gasteiger partial charge in [-0.1, -0.05) is 133 Å². The molecule has 1 heterocycles. The number of nitrogens with zero attached hydrogens (tertiary/aromatic N) is 2. The minimum absolute atomic E-state index is 0.101. The van der Waals surface area contributed by atoms with Gasteiger partial charge in [-0.2, -0.15) is 0 Å². The summed E-state index contributed by atoms with van der Waals surface area (Å²) in [7, 11) is 0. The molecule has 0 fully saturated rings. The Hall–Kier alpha value is -4.78. The highest BCUT2D eigenvalue weighted by Gasteiger charge is 2.29. The first kappa shape index (κ1) is 39.7. The number of carbonyl (C=O) groups excluding carboxylic acids is 3. The monoisotopic (exact) mass is 686 g/mol. The van der Waals surface area contributed by atoms with Crippen LogP contribution in [-0.2, 0) is 20.9 Å². The zero-order chi connectivity index (χ0) is 36.0. The Balaban J connectivity index is 1.48. The van der Waals surface area contributed by atoms with Crippen molar-refractivity contribution >= 4 is 29.5 Å². The molecule has 3 rings (SSSR count). The topological polar surface area (TPSA) is 132 Å². The molecule has 0 saturated heterocycles. The van der Waals surface area contributed by atoms with Crippen LogP contribution in [0.2, 0.25) is 0 Å². The van der Waals surface area contributed by atoms with Crippen molar-refractivity contribution in [3.63, 3.8) is 0 Å². The maximum absolute atomic E-state index is 13.5. The van der Waals surface area contributed by atoms with Crippen LogP contribution >= 0.6 is 0 Å². The van der Waals surface area contributed by atoms with E-state index in [1.807, 2.05) is 30.3 Å². The van der Waals surface area contributed by atoms with E-state index < -0.39 is 23.7 Å². The van der Waals surface area contributed by atoms with Crippen molar-refractivity contribution in [1.82, 2.24) is 9.13 Å². The number of aromatic hydroxyl groups is 1. The van der Waals surface area contributed by atoms with Crippen LogP contribution in [0.25, 0.3) is 0 Å². The fourth-order valence-electron chi connectivity index (χ4n) is 5.87. The molecule has 0 bridgehead atoms.